The molecule has 1 aromatic heterocycles. The average molecular weight is 342 g/mol. The third kappa shape index (κ3) is 3.42. The molecule has 0 bridgehead atoms. The maximum Gasteiger partial charge on any atom is 0.159 e. The molecule has 0 aliphatic rings. The highest BCUT2D eigenvalue weighted by Gasteiger charge is 2.11. The van der Waals surface area contributed by atoms with Crippen molar-refractivity contribution >= 4 is 38.7 Å². The van der Waals surface area contributed by atoms with Crippen molar-refractivity contribution in [2.75, 3.05) is 11.9 Å². The first kappa shape index (κ1) is 14.2. The van der Waals surface area contributed by atoms with Crippen LogP contribution in [0.25, 0.3) is 0 Å². The van der Waals surface area contributed by atoms with Crippen LogP contribution in [0.2, 0.25) is 0 Å². The van der Waals surface area contributed by atoms with Gasteiger partial charge < -0.3 is 4.90 Å². The molecule has 0 amide bonds. The number of thiophene rings is 1. The molecule has 1 aromatic carbocycles. The van der Waals surface area contributed by atoms with Crippen molar-refractivity contribution in [1.29, 1.82) is 0 Å². The summed E-state index contributed by atoms with van der Waals surface area (Å²) in [7, 11) is 1.83. The number of hydrogen-bond donors (Lipinski definition) is 0. The lowest BCUT2D eigenvalue weighted by Gasteiger charge is -2.19. The zero-order chi connectivity index (χ0) is 14.0. The standard InChI is InChI=1S/C14H13BrFNOS/c1-9(18)10-3-4-14(13(16)5-10)17(2)7-12-6-11(15)8-19-12/h3-6,8H,7H2,1-2H3. The Morgan fingerprint density at radius 2 is 2.16 bits per heavy atom. The van der Waals surface area contributed by atoms with Crippen molar-refractivity contribution in [3.05, 3.63) is 50.4 Å². The van der Waals surface area contributed by atoms with Crippen molar-refractivity contribution < 1.29 is 9.18 Å². The van der Waals surface area contributed by atoms with Crippen LogP contribution in [0.4, 0.5) is 10.1 Å². The summed E-state index contributed by atoms with van der Waals surface area (Å²) in [6, 6.07) is 6.61. The fourth-order valence-electron chi connectivity index (χ4n) is 1.79. The van der Waals surface area contributed by atoms with Gasteiger partial charge in [0.15, 0.2) is 5.78 Å². The fourth-order valence-corrected chi connectivity index (χ4v) is 3.29. The van der Waals surface area contributed by atoms with E-state index in [-0.39, 0.29) is 11.6 Å². The van der Waals surface area contributed by atoms with Gasteiger partial charge in [-0.3, -0.25) is 4.79 Å². The summed E-state index contributed by atoms with van der Waals surface area (Å²) < 4.78 is 15.0. The highest BCUT2D eigenvalue weighted by Crippen LogP contribution is 2.25. The van der Waals surface area contributed by atoms with E-state index in [9.17, 15) is 9.18 Å². The van der Waals surface area contributed by atoms with Crippen LogP contribution < -0.4 is 4.90 Å². The molecule has 1 heterocycles. The lowest BCUT2D eigenvalue weighted by atomic mass is 10.1. The van der Waals surface area contributed by atoms with E-state index < -0.39 is 0 Å². The second-order valence-corrected chi connectivity index (χ2v) is 6.22. The Kier molecular flexibility index (Phi) is 4.37. The van der Waals surface area contributed by atoms with Gasteiger partial charge in [0.05, 0.1) is 12.2 Å². The molecule has 0 fully saturated rings. The summed E-state index contributed by atoms with van der Waals surface area (Å²) in [5.41, 5.74) is 0.892. The van der Waals surface area contributed by atoms with Gasteiger partial charge in [-0.1, -0.05) is 0 Å². The van der Waals surface area contributed by atoms with E-state index in [0.717, 1.165) is 9.35 Å². The first-order valence-corrected chi connectivity index (χ1v) is 7.39. The second kappa shape index (κ2) is 5.84. The SMILES string of the molecule is CC(=O)c1ccc(N(C)Cc2cc(Br)cs2)c(F)c1. The van der Waals surface area contributed by atoms with Crippen LogP contribution in [-0.4, -0.2) is 12.8 Å². The molecular weight excluding hydrogens is 329 g/mol. The van der Waals surface area contributed by atoms with Crippen molar-refractivity contribution in [1.82, 2.24) is 0 Å². The Labute approximate surface area is 124 Å². The number of hydrogen-bond acceptors (Lipinski definition) is 3. The van der Waals surface area contributed by atoms with E-state index in [4.69, 9.17) is 0 Å². The quantitative estimate of drug-likeness (QED) is 0.763. The smallest absolute Gasteiger partial charge is 0.159 e. The van der Waals surface area contributed by atoms with E-state index in [1.165, 1.54) is 13.0 Å². The normalized spacial score (nSPS) is 10.5. The van der Waals surface area contributed by atoms with Gasteiger partial charge in [-0.15, -0.1) is 11.3 Å². The minimum Gasteiger partial charge on any atom is -0.367 e. The first-order chi connectivity index (χ1) is 8.97. The number of Topliss-reactive ketones (excluding diaryl/α,β-unsaturated/α-hetero) is 1. The third-order valence-corrected chi connectivity index (χ3v) is 4.46. The van der Waals surface area contributed by atoms with E-state index in [1.807, 2.05) is 23.4 Å². The minimum atomic E-state index is -0.370. The molecule has 0 atom stereocenters. The third-order valence-electron chi connectivity index (χ3n) is 2.78. The molecule has 0 N–H and O–H groups in total. The summed E-state index contributed by atoms with van der Waals surface area (Å²) in [6.45, 7) is 2.06. The summed E-state index contributed by atoms with van der Waals surface area (Å²) in [4.78, 5) is 14.2. The van der Waals surface area contributed by atoms with Gasteiger partial charge >= 0.3 is 0 Å². The molecule has 0 aliphatic heterocycles. The van der Waals surface area contributed by atoms with Crippen LogP contribution in [0.15, 0.2) is 34.1 Å². The fraction of sp³-hybridized carbons (Fsp3) is 0.214. The molecule has 0 aliphatic carbocycles. The summed E-state index contributed by atoms with van der Waals surface area (Å²) in [5, 5.41) is 2.00. The number of benzene rings is 1. The minimum absolute atomic E-state index is 0.129. The zero-order valence-electron chi connectivity index (χ0n) is 10.6. The lowest BCUT2D eigenvalue weighted by Crippen LogP contribution is -2.17. The number of carbonyl (C=O) groups is 1. The summed E-state index contributed by atoms with van der Waals surface area (Å²) in [5.74, 6) is -0.499. The Morgan fingerprint density at radius 3 is 2.68 bits per heavy atom. The molecule has 0 spiro atoms. The number of anilines is 1. The molecule has 2 rings (SSSR count). The Balaban J connectivity index is 2.19. The first-order valence-electron chi connectivity index (χ1n) is 5.72. The Hall–Kier alpha value is -1.20. The Bertz CT molecular complexity index is 611. The molecule has 0 unspecified atom stereocenters. The van der Waals surface area contributed by atoms with Crippen LogP contribution in [0.1, 0.15) is 22.2 Å². The van der Waals surface area contributed by atoms with Gasteiger partial charge in [0.1, 0.15) is 5.82 Å². The van der Waals surface area contributed by atoms with E-state index in [2.05, 4.69) is 15.9 Å². The molecule has 2 nitrogen and oxygen atoms in total. The maximum atomic E-state index is 14.0. The van der Waals surface area contributed by atoms with Crippen molar-refractivity contribution in [3.8, 4) is 0 Å². The molecule has 2 aromatic rings. The van der Waals surface area contributed by atoms with Gasteiger partial charge in [0.2, 0.25) is 0 Å². The topological polar surface area (TPSA) is 20.3 Å². The van der Waals surface area contributed by atoms with Gasteiger partial charge in [-0.2, -0.15) is 0 Å². The van der Waals surface area contributed by atoms with E-state index in [1.54, 1.807) is 23.5 Å². The second-order valence-electron chi connectivity index (χ2n) is 4.31. The summed E-state index contributed by atoms with van der Waals surface area (Å²) >= 11 is 5.02. The monoisotopic (exact) mass is 341 g/mol. The van der Waals surface area contributed by atoms with Gasteiger partial charge in [-0.05, 0) is 47.1 Å². The zero-order valence-corrected chi connectivity index (χ0v) is 13.0. The van der Waals surface area contributed by atoms with Crippen LogP contribution in [0.3, 0.4) is 0 Å². The van der Waals surface area contributed by atoms with Crippen LogP contribution in [0, 0.1) is 5.82 Å². The number of rotatable bonds is 4. The Morgan fingerprint density at radius 1 is 1.42 bits per heavy atom. The van der Waals surface area contributed by atoms with Gasteiger partial charge in [0, 0.05) is 27.3 Å². The average Bonchev–Trinajstić information content (AvgIpc) is 2.74. The highest BCUT2D eigenvalue weighted by atomic mass is 79.9. The van der Waals surface area contributed by atoms with Crippen molar-refractivity contribution in [3.63, 3.8) is 0 Å². The number of ketones is 1. The maximum absolute atomic E-state index is 14.0. The van der Waals surface area contributed by atoms with Crippen LogP contribution in [-0.2, 0) is 6.54 Å². The van der Waals surface area contributed by atoms with Crippen molar-refractivity contribution in [2.24, 2.45) is 0 Å². The number of halogens is 2. The predicted octanol–water partition coefficient (Wildman–Crippen LogP) is 4.49. The van der Waals surface area contributed by atoms with Crippen LogP contribution in [0.5, 0.6) is 0 Å². The predicted molar refractivity (Wildman–Crippen MR) is 80.5 cm³/mol. The van der Waals surface area contributed by atoms with Crippen LogP contribution >= 0.6 is 27.3 Å². The molecule has 0 saturated carbocycles. The lowest BCUT2D eigenvalue weighted by molar-refractivity contribution is 0.101. The highest BCUT2D eigenvalue weighted by molar-refractivity contribution is 9.10. The van der Waals surface area contributed by atoms with Crippen molar-refractivity contribution in [2.45, 2.75) is 13.5 Å². The van der Waals surface area contributed by atoms with E-state index in [0.29, 0.717) is 17.8 Å². The summed E-state index contributed by atoms with van der Waals surface area (Å²) in [6.07, 6.45) is 0. The van der Waals surface area contributed by atoms with E-state index >= 15 is 0 Å². The molecular formula is C14H13BrFNOS. The molecule has 19 heavy (non-hydrogen) atoms. The number of carbonyl (C=O) groups excluding carboxylic acids is 1. The molecule has 5 heteroatoms. The van der Waals surface area contributed by atoms with Gasteiger partial charge in [0.25, 0.3) is 0 Å². The molecule has 100 valence electrons. The largest absolute Gasteiger partial charge is 0.367 e. The van der Waals surface area contributed by atoms with Gasteiger partial charge in [-0.25, -0.2) is 4.39 Å². The molecule has 0 radical (unpaired) electrons. The molecule has 0 saturated heterocycles. The number of nitrogens with zero attached hydrogens (tertiary/aromatic N) is 1.